The number of aromatic nitrogens is 1. The molecule has 1 heterocycles. The number of benzene rings is 1. The number of rotatable bonds is 10. The van der Waals surface area contributed by atoms with E-state index in [1.165, 1.54) is 49.7 Å². The van der Waals surface area contributed by atoms with Crippen molar-refractivity contribution in [2.75, 3.05) is 17.2 Å². The van der Waals surface area contributed by atoms with Gasteiger partial charge in [0.05, 0.1) is 5.75 Å². The van der Waals surface area contributed by atoms with E-state index in [0.717, 1.165) is 24.8 Å². The molecule has 1 aromatic carbocycles. The van der Waals surface area contributed by atoms with Gasteiger partial charge < -0.3 is 9.64 Å². The van der Waals surface area contributed by atoms with Crippen molar-refractivity contribution in [1.82, 2.24) is 9.71 Å². The summed E-state index contributed by atoms with van der Waals surface area (Å²) < 4.78 is 67.0. The minimum atomic E-state index is -4.76. The number of carbonyl (C=O) groups is 1. The Bertz CT molecular complexity index is 1100. The van der Waals surface area contributed by atoms with E-state index in [-0.39, 0.29) is 17.2 Å². The largest absolute Gasteiger partial charge is 0.573 e. The highest BCUT2D eigenvalue weighted by molar-refractivity contribution is 7.90. The molecule has 0 bridgehead atoms. The molecule has 1 fully saturated rings. The number of thiazole rings is 1. The standard InChI is InChI=1S/C23H30F3N3O4S2/c1-3-35(31,32)28-21(30)20-16(2)34-22(27-20)29(14-13-17-7-5-4-6-8-17)15-18-9-11-19(12-10-18)33-23(24,25)26/h9-12,17H,3-8,13-15H2,1-2H3,(H,28,30). The summed E-state index contributed by atoms with van der Waals surface area (Å²) in [5.41, 5.74) is 0.814. The number of hydrogen-bond donors (Lipinski definition) is 1. The topological polar surface area (TPSA) is 88.6 Å². The maximum absolute atomic E-state index is 12.5. The van der Waals surface area contributed by atoms with Crippen LogP contribution in [0.25, 0.3) is 0 Å². The number of halogens is 3. The first kappa shape index (κ1) is 27.3. The predicted octanol–water partition coefficient (Wildman–Crippen LogP) is 5.41. The van der Waals surface area contributed by atoms with Crippen LogP contribution >= 0.6 is 11.3 Å². The zero-order chi connectivity index (χ0) is 25.6. The molecule has 0 saturated heterocycles. The highest BCUT2D eigenvalue weighted by Gasteiger charge is 2.31. The molecule has 1 amide bonds. The number of nitrogens with zero attached hydrogens (tertiary/aromatic N) is 2. The fourth-order valence-corrected chi connectivity index (χ4v) is 5.52. The van der Waals surface area contributed by atoms with E-state index in [2.05, 4.69) is 9.72 Å². The molecule has 0 atom stereocenters. The third-order valence-corrected chi connectivity index (χ3v) is 8.25. The quantitative estimate of drug-likeness (QED) is 0.440. The second-order valence-electron chi connectivity index (χ2n) is 8.64. The van der Waals surface area contributed by atoms with E-state index in [1.807, 2.05) is 9.62 Å². The second-order valence-corrected chi connectivity index (χ2v) is 11.8. The lowest BCUT2D eigenvalue weighted by atomic mass is 9.87. The number of amides is 1. The molecule has 1 N–H and O–H groups in total. The minimum absolute atomic E-state index is 0.0543. The summed E-state index contributed by atoms with van der Waals surface area (Å²) in [6.45, 7) is 4.18. The normalized spacial score (nSPS) is 15.1. The van der Waals surface area contributed by atoms with E-state index in [4.69, 9.17) is 0 Å². The van der Waals surface area contributed by atoms with Crippen molar-refractivity contribution in [3.8, 4) is 5.75 Å². The van der Waals surface area contributed by atoms with Gasteiger partial charge >= 0.3 is 6.36 Å². The Hall–Kier alpha value is -2.34. The number of sulfonamides is 1. The average Bonchev–Trinajstić information content (AvgIpc) is 3.19. The van der Waals surface area contributed by atoms with Crippen LogP contribution in [-0.2, 0) is 16.6 Å². The van der Waals surface area contributed by atoms with Gasteiger partial charge in [-0.3, -0.25) is 4.79 Å². The first-order valence-corrected chi connectivity index (χ1v) is 14.0. The fourth-order valence-electron chi connectivity index (χ4n) is 4.06. The number of anilines is 1. The third-order valence-electron chi connectivity index (χ3n) is 5.96. The zero-order valence-electron chi connectivity index (χ0n) is 19.7. The molecule has 7 nitrogen and oxygen atoms in total. The molecule has 1 saturated carbocycles. The van der Waals surface area contributed by atoms with Crippen molar-refractivity contribution in [2.24, 2.45) is 5.92 Å². The number of ether oxygens (including phenoxy) is 1. The fraction of sp³-hybridized carbons (Fsp3) is 0.565. The Balaban J connectivity index is 1.79. The van der Waals surface area contributed by atoms with Crippen LogP contribution in [0.15, 0.2) is 24.3 Å². The van der Waals surface area contributed by atoms with Crippen LogP contribution in [0.3, 0.4) is 0 Å². The summed E-state index contributed by atoms with van der Waals surface area (Å²) in [6.07, 6.45) is 2.16. The summed E-state index contributed by atoms with van der Waals surface area (Å²) in [4.78, 5) is 19.6. The van der Waals surface area contributed by atoms with Gasteiger partial charge in [-0.2, -0.15) is 0 Å². The highest BCUT2D eigenvalue weighted by atomic mass is 32.2. The molecule has 194 valence electrons. The SMILES string of the molecule is CCS(=O)(=O)NC(=O)c1nc(N(CCC2CCCCC2)Cc2ccc(OC(F)(F)F)cc2)sc1C. The van der Waals surface area contributed by atoms with Gasteiger partial charge in [0.1, 0.15) is 11.4 Å². The summed E-state index contributed by atoms with van der Waals surface area (Å²) in [6, 6.07) is 5.67. The predicted molar refractivity (Wildman–Crippen MR) is 129 cm³/mol. The van der Waals surface area contributed by atoms with Crippen molar-refractivity contribution in [3.05, 3.63) is 40.4 Å². The van der Waals surface area contributed by atoms with Crippen LogP contribution in [0.2, 0.25) is 0 Å². The Morgan fingerprint density at radius 3 is 2.46 bits per heavy atom. The molecular formula is C23H30F3N3O4S2. The number of nitrogens with one attached hydrogen (secondary N) is 1. The molecule has 0 aliphatic heterocycles. The molecule has 12 heteroatoms. The van der Waals surface area contributed by atoms with Crippen molar-refractivity contribution < 1.29 is 31.1 Å². The van der Waals surface area contributed by atoms with Crippen LogP contribution in [0, 0.1) is 12.8 Å². The number of carbonyl (C=O) groups excluding carboxylic acids is 1. The van der Waals surface area contributed by atoms with Gasteiger partial charge in [-0.15, -0.1) is 24.5 Å². The summed E-state index contributed by atoms with van der Waals surface area (Å²) in [5.74, 6) is -0.702. The lowest BCUT2D eigenvalue weighted by Crippen LogP contribution is -2.32. The zero-order valence-corrected chi connectivity index (χ0v) is 21.4. The van der Waals surface area contributed by atoms with E-state index in [9.17, 15) is 26.4 Å². The van der Waals surface area contributed by atoms with Crippen LogP contribution in [0.5, 0.6) is 5.75 Å². The second kappa shape index (κ2) is 11.6. The number of hydrogen-bond acceptors (Lipinski definition) is 7. The first-order valence-electron chi connectivity index (χ1n) is 11.6. The van der Waals surface area contributed by atoms with Gasteiger partial charge in [0.2, 0.25) is 10.0 Å². The summed E-state index contributed by atoms with van der Waals surface area (Å²) >= 11 is 1.29. The summed E-state index contributed by atoms with van der Waals surface area (Å²) in [7, 11) is -3.73. The smallest absolute Gasteiger partial charge is 0.406 e. The molecule has 3 rings (SSSR count). The lowest BCUT2D eigenvalue weighted by molar-refractivity contribution is -0.274. The average molecular weight is 534 g/mol. The molecule has 1 aromatic heterocycles. The van der Waals surface area contributed by atoms with Crippen molar-refractivity contribution in [3.63, 3.8) is 0 Å². The molecule has 0 unspecified atom stereocenters. The molecule has 0 spiro atoms. The molecule has 0 radical (unpaired) electrons. The van der Waals surface area contributed by atoms with Crippen LogP contribution in [-0.4, -0.2) is 38.0 Å². The summed E-state index contributed by atoms with van der Waals surface area (Å²) in [5, 5.41) is 0.563. The van der Waals surface area contributed by atoms with Gasteiger partial charge in [0, 0.05) is 18.0 Å². The van der Waals surface area contributed by atoms with E-state index in [1.54, 1.807) is 19.1 Å². The first-order chi connectivity index (χ1) is 16.5. The minimum Gasteiger partial charge on any atom is -0.406 e. The third kappa shape index (κ3) is 8.38. The number of aryl methyl sites for hydroxylation is 1. The van der Waals surface area contributed by atoms with Gasteiger partial charge in [-0.25, -0.2) is 18.1 Å². The maximum atomic E-state index is 12.5. The Morgan fingerprint density at radius 2 is 1.86 bits per heavy atom. The van der Waals surface area contributed by atoms with Crippen molar-refractivity contribution in [2.45, 2.75) is 65.3 Å². The van der Waals surface area contributed by atoms with Crippen molar-refractivity contribution >= 4 is 32.4 Å². The maximum Gasteiger partial charge on any atom is 0.573 e. The molecular weight excluding hydrogens is 503 g/mol. The monoisotopic (exact) mass is 533 g/mol. The highest BCUT2D eigenvalue weighted by Crippen LogP contribution is 2.31. The Kier molecular flexibility index (Phi) is 9.03. The van der Waals surface area contributed by atoms with Gasteiger partial charge in [0.15, 0.2) is 5.13 Å². The van der Waals surface area contributed by atoms with Crippen molar-refractivity contribution in [1.29, 1.82) is 0 Å². The van der Waals surface area contributed by atoms with E-state index < -0.39 is 22.3 Å². The lowest BCUT2D eigenvalue weighted by Gasteiger charge is -2.27. The van der Waals surface area contributed by atoms with Crippen LogP contribution in [0.4, 0.5) is 18.3 Å². The van der Waals surface area contributed by atoms with E-state index >= 15 is 0 Å². The van der Waals surface area contributed by atoms with Gasteiger partial charge in [-0.1, -0.05) is 44.2 Å². The Morgan fingerprint density at radius 1 is 1.20 bits per heavy atom. The molecule has 1 aliphatic carbocycles. The van der Waals surface area contributed by atoms with Crippen LogP contribution < -0.4 is 14.4 Å². The number of alkyl halides is 3. The van der Waals surface area contributed by atoms with Crippen LogP contribution in [0.1, 0.15) is 66.4 Å². The van der Waals surface area contributed by atoms with Gasteiger partial charge in [0.25, 0.3) is 5.91 Å². The molecule has 35 heavy (non-hydrogen) atoms. The molecule has 1 aliphatic rings. The van der Waals surface area contributed by atoms with E-state index in [0.29, 0.717) is 29.0 Å². The van der Waals surface area contributed by atoms with Gasteiger partial charge in [-0.05, 0) is 43.9 Å². The molecule has 2 aromatic rings. The Labute approximate surface area is 207 Å².